The van der Waals surface area contributed by atoms with E-state index in [-0.39, 0.29) is 12.0 Å². The van der Waals surface area contributed by atoms with Gasteiger partial charge in [-0.05, 0) is 57.9 Å². The number of para-hydroxylation sites is 1. The largest absolute Gasteiger partial charge is 0.497 e. The molecule has 4 aromatic rings. The Morgan fingerprint density at radius 1 is 1.15 bits per heavy atom. The van der Waals surface area contributed by atoms with Gasteiger partial charge in [0.25, 0.3) is 0 Å². The van der Waals surface area contributed by atoms with Crippen LogP contribution in [0.2, 0.25) is 5.02 Å². The molecule has 1 N–H and O–H groups in total. The van der Waals surface area contributed by atoms with Crippen molar-refractivity contribution in [1.82, 2.24) is 24.5 Å². The van der Waals surface area contributed by atoms with E-state index >= 15 is 0 Å². The summed E-state index contributed by atoms with van der Waals surface area (Å²) in [6.07, 6.45) is 1.39. The van der Waals surface area contributed by atoms with Gasteiger partial charge in [-0.3, -0.25) is 0 Å². The number of methoxy groups -OCH3 is 2. The van der Waals surface area contributed by atoms with Gasteiger partial charge >= 0.3 is 6.09 Å². The van der Waals surface area contributed by atoms with Crippen LogP contribution in [0.1, 0.15) is 50.9 Å². The van der Waals surface area contributed by atoms with Gasteiger partial charge in [-0.1, -0.05) is 17.7 Å². The van der Waals surface area contributed by atoms with Gasteiger partial charge in [0.05, 0.1) is 24.8 Å². The number of halogens is 1. The number of benzene rings is 2. The molecule has 1 fully saturated rings. The summed E-state index contributed by atoms with van der Waals surface area (Å²) >= 11 is 6.55. The molecule has 0 spiro atoms. The highest BCUT2D eigenvalue weighted by Crippen LogP contribution is 2.31. The average molecular weight is 553 g/mol. The number of rotatable bonds is 6. The maximum atomic E-state index is 12.7. The van der Waals surface area contributed by atoms with Crippen LogP contribution in [0.15, 0.2) is 36.4 Å². The van der Waals surface area contributed by atoms with E-state index in [1.807, 2.05) is 51.1 Å². The lowest BCUT2D eigenvalue weighted by Crippen LogP contribution is -2.42. The fraction of sp³-hybridized carbons (Fsp3) is 0.429. The van der Waals surface area contributed by atoms with E-state index in [0.717, 1.165) is 23.8 Å². The number of carbonyl (C=O) groups excluding carboxylic acids is 1. The van der Waals surface area contributed by atoms with E-state index < -0.39 is 5.60 Å². The Bertz CT molecular complexity index is 1520. The van der Waals surface area contributed by atoms with Gasteiger partial charge in [0.2, 0.25) is 5.95 Å². The molecule has 11 heteroatoms. The molecule has 39 heavy (non-hydrogen) atoms. The predicted molar refractivity (Wildman–Crippen MR) is 150 cm³/mol. The van der Waals surface area contributed by atoms with Crippen LogP contribution >= 0.6 is 11.6 Å². The number of nitrogens with zero attached hydrogens (tertiary/aromatic N) is 5. The summed E-state index contributed by atoms with van der Waals surface area (Å²) in [5, 5.41) is 9.59. The summed E-state index contributed by atoms with van der Waals surface area (Å²) in [6, 6.07) is 11.3. The molecule has 0 aliphatic carbocycles. The van der Waals surface area contributed by atoms with Gasteiger partial charge < -0.3 is 24.4 Å². The number of hydrogen-bond donors (Lipinski definition) is 1. The molecule has 2 aromatic carbocycles. The first kappa shape index (κ1) is 26.8. The molecule has 1 aliphatic heterocycles. The fourth-order valence-electron chi connectivity index (χ4n) is 4.75. The SMILES string of the molecule is COc1ccc(CNc2nc3c(Cl)cccc3c3nc(C4CCCN(C(=O)OC(C)(C)C)C4)nn23)c(OC)c1. The van der Waals surface area contributed by atoms with Crippen molar-refractivity contribution >= 4 is 40.2 Å². The zero-order valence-corrected chi connectivity index (χ0v) is 23.6. The van der Waals surface area contributed by atoms with Crippen LogP contribution in [0.4, 0.5) is 10.7 Å². The maximum absolute atomic E-state index is 12.7. The molecule has 1 atom stereocenters. The van der Waals surface area contributed by atoms with Crippen molar-refractivity contribution in [3.8, 4) is 11.5 Å². The van der Waals surface area contributed by atoms with E-state index in [2.05, 4.69) is 5.32 Å². The van der Waals surface area contributed by atoms with Gasteiger partial charge in [-0.15, -0.1) is 5.10 Å². The van der Waals surface area contributed by atoms with Crippen molar-refractivity contribution in [3.63, 3.8) is 0 Å². The fourth-order valence-corrected chi connectivity index (χ4v) is 4.97. The molecular weight excluding hydrogens is 520 g/mol. The quantitative estimate of drug-likeness (QED) is 0.326. The molecule has 0 radical (unpaired) electrons. The highest BCUT2D eigenvalue weighted by Gasteiger charge is 2.31. The molecule has 1 unspecified atom stereocenters. The number of hydrogen-bond acceptors (Lipinski definition) is 8. The zero-order valence-electron chi connectivity index (χ0n) is 22.8. The summed E-state index contributed by atoms with van der Waals surface area (Å²) in [5.41, 5.74) is 1.65. The molecule has 0 bridgehead atoms. The van der Waals surface area contributed by atoms with Crippen molar-refractivity contribution in [2.45, 2.75) is 51.7 Å². The molecule has 2 aromatic heterocycles. The van der Waals surface area contributed by atoms with Gasteiger partial charge in [0, 0.05) is 42.6 Å². The number of carbonyl (C=O) groups is 1. The van der Waals surface area contributed by atoms with Crippen molar-refractivity contribution < 1.29 is 19.0 Å². The minimum Gasteiger partial charge on any atom is -0.497 e. The Balaban J connectivity index is 1.49. The van der Waals surface area contributed by atoms with Gasteiger partial charge in [-0.25, -0.2) is 14.8 Å². The van der Waals surface area contributed by atoms with Crippen LogP contribution in [-0.4, -0.2) is 63.5 Å². The number of amides is 1. The average Bonchev–Trinajstić information content (AvgIpc) is 3.37. The first-order chi connectivity index (χ1) is 18.7. The Labute approximate surface area is 232 Å². The number of likely N-dealkylation sites (tertiary alicyclic amines) is 1. The second kappa shape index (κ2) is 10.8. The summed E-state index contributed by atoms with van der Waals surface area (Å²) in [4.78, 5) is 24.2. The number of fused-ring (bicyclic) bond motifs is 3. The minimum absolute atomic E-state index is 0.0325. The Kier molecular flexibility index (Phi) is 7.40. The molecule has 10 nitrogen and oxygen atoms in total. The first-order valence-corrected chi connectivity index (χ1v) is 13.3. The van der Waals surface area contributed by atoms with Crippen LogP contribution < -0.4 is 14.8 Å². The maximum Gasteiger partial charge on any atom is 0.410 e. The summed E-state index contributed by atoms with van der Waals surface area (Å²) in [6.45, 7) is 7.18. The van der Waals surface area contributed by atoms with Gasteiger partial charge in [0.15, 0.2) is 11.5 Å². The lowest BCUT2D eigenvalue weighted by Gasteiger charge is -2.33. The van der Waals surface area contributed by atoms with Gasteiger partial charge in [0.1, 0.15) is 17.1 Å². The minimum atomic E-state index is -0.553. The van der Waals surface area contributed by atoms with Crippen molar-refractivity contribution in [2.75, 3.05) is 32.6 Å². The van der Waals surface area contributed by atoms with Crippen LogP contribution in [0.3, 0.4) is 0 Å². The second-order valence-corrected chi connectivity index (χ2v) is 11.0. The molecule has 0 saturated carbocycles. The number of nitrogens with one attached hydrogen (secondary N) is 1. The van der Waals surface area contributed by atoms with Gasteiger partial charge in [-0.2, -0.15) is 4.52 Å². The number of anilines is 1. The zero-order chi connectivity index (χ0) is 27.7. The number of piperidine rings is 1. The van der Waals surface area contributed by atoms with Crippen molar-refractivity contribution in [1.29, 1.82) is 0 Å². The topological polar surface area (TPSA) is 103 Å². The summed E-state index contributed by atoms with van der Waals surface area (Å²) in [7, 11) is 3.24. The second-order valence-electron chi connectivity index (χ2n) is 10.6. The molecular formula is C28H33ClN6O4. The monoisotopic (exact) mass is 552 g/mol. The van der Waals surface area contributed by atoms with Crippen LogP contribution in [0.5, 0.6) is 11.5 Å². The molecule has 3 heterocycles. The summed E-state index contributed by atoms with van der Waals surface area (Å²) in [5.74, 6) is 2.53. The van der Waals surface area contributed by atoms with Crippen molar-refractivity contribution in [2.24, 2.45) is 0 Å². The smallest absolute Gasteiger partial charge is 0.410 e. The highest BCUT2D eigenvalue weighted by atomic mass is 35.5. The number of aromatic nitrogens is 4. The van der Waals surface area contributed by atoms with Crippen molar-refractivity contribution in [3.05, 3.63) is 52.8 Å². The third kappa shape index (κ3) is 5.66. The van der Waals surface area contributed by atoms with E-state index in [0.29, 0.717) is 59.1 Å². The normalized spacial score (nSPS) is 15.9. The molecule has 1 saturated heterocycles. The Morgan fingerprint density at radius 2 is 1.97 bits per heavy atom. The standard InChI is InChI=1S/C28H33ClN6O4/c1-28(2,3)39-27(36)34-13-7-8-18(16-34)24-32-25-20-9-6-10-21(29)23(20)31-26(35(25)33-24)30-15-17-11-12-19(37-4)14-22(17)38-5/h6,9-12,14,18H,7-8,13,15-16H2,1-5H3,(H,30,31). The molecule has 5 rings (SSSR count). The summed E-state index contributed by atoms with van der Waals surface area (Å²) < 4.78 is 18.2. The van der Waals surface area contributed by atoms with E-state index in [1.54, 1.807) is 29.7 Å². The highest BCUT2D eigenvalue weighted by molar-refractivity contribution is 6.35. The molecule has 206 valence electrons. The van der Waals surface area contributed by atoms with E-state index in [9.17, 15) is 4.79 Å². The number of ether oxygens (including phenoxy) is 3. The Morgan fingerprint density at radius 3 is 2.72 bits per heavy atom. The van der Waals surface area contributed by atoms with Crippen LogP contribution in [-0.2, 0) is 11.3 Å². The van der Waals surface area contributed by atoms with Crippen LogP contribution in [0, 0.1) is 0 Å². The molecule has 1 amide bonds. The van der Waals surface area contributed by atoms with E-state index in [4.69, 9.17) is 40.9 Å². The third-order valence-corrected chi connectivity index (χ3v) is 6.94. The lowest BCUT2D eigenvalue weighted by atomic mass is 9.98. The third-order valence-electron chi connectivity index (χ3n) is 6.64. The van der Waals surface area contributed by atoms with Crippen LogP contribution in [0.25, 0.3) is 16.6 Å². The lowest BCUT2D eigenvalue weighted by molar-refractivity contribution is 0.0196. The first-order valence-electron chi connectivity index (χ1n) is 12.9. The van der Waals surface area contributed by atoms with E-state index in [1.165, 1.54) is 0 Å². The Hall–Kier alpha value is -3.79. The predicted octanol–water partition coefficient (Wildman–Crippen LogP) is 5.67. The molecule has 1 aliphatic rings.